The first-order valence-corrected chi connectivity index (χ1v) is 3.86. The van der Waals surface area contributed by atoms with E-state index < -0.39 is 22.7 Å². The smallest absolute Gasteiger partial charge is 0.289 e. The van der Waals surface area contributed by atoms with Crippen LogP contribution in [-0.2, 0) is 6.18 Å². The second-order valence-electron chi connectivity index (χ2n) is 2.00. The molecule has 1 rings (SSSR count). The number of carbonyl (C=O) groups is 1. The largest absolute Gasteiger partial charge is 0.434 e. The van der Waals surface area contributed by atoms with E-state index >= 15 is 0 Å². The van der Waals surface area contributed by atoms with Gasteiger partial charge in [-0.15, -0.1) is 11.3 Å². The Balaban J connectivity index is 3.10. The molecule has 0 aromatic carbocycles. The highest BCUT2D eigenvalue weighted by molar-refractivity contribution is 7.11. The van der Waals surface area contributed by atoms with E-state index in [9.17, 15) is 18.0 Å². The Morgan fingerprint density at radius 3 is 2.69 bits per heavy atom. The van der Waals surface area contributed by atoms with Crippen LogP contribution in [0.1, 0.15) is 15.4 Å². The predicted octanol–water partition coefficient (Wildman–Crippen LogP) is 0.765. The lowest BCUT2D eigenvalue weighted by Crippen LogP contribution is -2.31. The van der Waals surface area contributed by atoms with Gasteiger partial charge in [0, 0.05) is 0 Å². The Hall–Kier alpha value is -1.15. The van der Waals surface area contributed by atoms with Gasteiger partial charge in [0.2, 0.25) is 0 Å². The van der Waals surface area contributed by atoms with Gasteiger partial charge < -0.3 is 0 Å². The summed E-state index contributed by atoms with van der Waals surface area (Å²) in [5, 5.41) is 0. The van der Waals surface area contributed by atoms with E-state index in [2.05, 4.69) is 10.8 Å². The fourth-order valence-corrected chi connectivity index (χ4v) is 1.38. The average Bonchev–Trinajstić information content (AvgIpc) is 2.49. The van der Waals surface area contributed by atoms with Crippen molar-refractivity contribution in [3.63, 3.8) is 0 Å². The molecular formula is C5H4F3N3OS. The van der Waals surface area contributed by atoms with Crippen LogP contribution in [0.2, 0.25) is 0 Å². The van der Waals surface area contributed by atoms with Crippen molar-refractivity contribution >= 4 is 17.2 Å². The summed E-state index contributed by atoms with van der Waals surface area (Å²) in [6.45, 7) is 0. The third-order valence-electron chi connectivity index (χ3n) is 1.17. The van der Waals surface area contributed by atoms with Crippen LogP contribution in [0.5, 0.6) is 0 Å². The molecule has 1 amide bonds. The molecule has 0 unspecified atom stereocenters. The molecule has 0 aliphatic carbocycles. The van der Waals surface area contributed by atoms with E-state index in [0.29, 0.717) is 11.3 Å². The Morgan fingerprint density at radius 1 is 1.62 bits per heavy atom. The fourth-order valence-electron chi connectivity index (χ4n) is 0.675. The third-order valence-corrected chi connectivity index (χ3v) is 2.00. The molecule has 0 aliphatic rings. The molecule has 0 spiro atoms. The lowest BCUT2D eigenvalue weighted by molar-refractivity contribution is -0.141. The van der Waals surface area contributed by atoms with Crippen molar-refractivity contribution in [3.05, 3.63) is 16.1 Å². The number of amides is 1. The first-order chi connectivity index (χ1) is 5.96. The lowest BCUT2D eigenvalue weighted by atomic mass is 10.3. The number of hydrogen-bond acceptors (Lipinski definition) is 4. The van der Waals surface area contributed by atoms with E-state index in [1.165, 1.54) is 0 Å². The number of thiazole rings is 1. The van der Waals surface area contributed by atoms with Gasteiger partial charge in [-0.1, -0.05) is 0 Å². The highest BCUT2D eigenvalue weighted by Gasteiger charge is 2.38. The predicted molar refractivity (Wildman–Crippen MR) is 38.8 cm³/mol. The minimum absolute atomic E-state index is 0.532. The number of nitrogens with zero attached hydrogens (tertiary/aromatic N) is 1. The topological polar surface area (TPSA) is 68.0 Å². The zero-order valence-corrected chi connectivity index (χ0v) is 6.87. The number of nitrogen functional groups attached to an aromatic ring is 1. The van der Waals surface area contributed by atoms with Crippen LogP contribution in [0.3, 0.4) is 0 Å². The summed E-state index contributed by atoms with van der Waals surface area (Å²) in [4.78, 5) is 13.3. The number of hydrazine groups is 1. The minimum atomic E-state index is -4.62. The third kappa shape index (κ3) is 1.95. The Kier molecular flexibility index (Phi) is 2.52. The molecule has 0 bridgehead atoms. The quantitative estimate of drug-likeness (QED) is 0.409. The molecule has 0 fully saturated rings. The number of rotatable bonds is 1. The summed E-state index contributed by atoms with van der Waals surface area (Å²) >= 11 is 0.586. The van der Waals surface area contributed by atoms with E-state index in [0.717, 1.165) is 5.51 Å². The van der Waals surface area contributed by atoms with Gasteiger partial charge in [0.15, 0.2) is 5.69 Å². The van der Waals surface area contributed by atoms with E-state index in [-0.39, 0.29) is 0 Å². The number of alkyl halides is 3. The molecule has 4 nitrogen and oxygen atoms in total. The van der Waals surface area contributed by atoms with Crippen molar-refractivity contribution in [1.29, 1.82) is 0 Å². The first-order valence-electron chi connectivity index (χ1n) is 2.98. The molecule has 1 heterocycles. The molecule has 72 valence electrons. The van der Waals surface area contributed by atoms with Crippen molar-refractivity contribution in [1.82, 2.24) is 10.4 Å². The van der Waals surface area contributed by atoms with Crippen molar-refractivity contribution < 1.29 is 18.0 Å². The molecule has 0 atom stereocenters. The van der Waals surface area contributed by atoms with Gasteiger partial charge in [0.05, 0.1) is 5.51 Å². The summed E-state index contributed by atoms with van der Waals surface area (Å²) in [6, 6.07) is 0. The molecule has 1 aromatic heterocycles. The van der Waals surface area contributed by atoms with Crippen molar-refractivity contribution in [2.24, 2.45) is 5.84 Å². The van der Waals surface area contributed by atoms with E-state index in [1.54, 1.807) is 5.43 Å². The number of nitrogens with two attached hydrogens (primary N) is 1. The number of nitrogens with one attached hydrogen (secondary N) is 1. The van der Waals surface area contributed by atoms with Crippen LogP contribution in [-0.4, -0.2) is 10.9 Å². The zero-order chi connectivity index (χ0) is 10.1. The molecular weight excluding hydrogens is 207 g/mol. The summed E-state index contributed by atoms with van der Waals surface area (Å²) < 4.78 is 36.3. The van der Waals surface area contributed by atoms with E-state index in [4.69, 9.17) is 0 Å². The molecule has 0 saturated carbocycles. The van der Waals surface area contributed by atoms with Gasteiger partial charge in [-0.25, -0.2) is 10.8 Å². The summed E-state index contributed by atoms with van der Waals surface area (Å²) in [7, 11) is 0. The van der Waals surface area contributed by atoms with Gasteiger partial charge in [-0.2, -0.15) is 13.2 Å². The van der Waals surface area contributed by atoms with Gasteiger partial charge in [0.25, 0.3) is 5.91 Å². The number of hydrogen-bond donors (Lipinski definition) is 2. The highest BCUT2D eigenvalue weighted by atomic mass is 32.1. The first kappa shape index (κ1) is 9.93. The fraction of sp³-hybridized carbons (Fsp3) is 0.200. The van der Waals surface area contributed by atoms with Gasteiger partial charge >= 0.3 is 6.18 Å². The van der Waals surface area contributed by atoms with Crippen LogP contribution >= 0.6 is 11.3 Å². The summed E-state index contributed by atoms with van der Waals surface area (Å²) in [6.07, 6.45) is -4.62. The molecule has 0 aliphatic heterocycles. The maximum atomic E-state index is 12.1. The second-order valence-corrected chi connectivity index (χ2v) is 2.86. The Bertz CT molecular complexity index is 321. The zero-order valence-electron chi connectivity index (χ0n) is 6.05. The summed E-state index contributed by atoms with van der Waals surface area (Å²) in [5.74, 6) is 3.70. The Labute approximate surface area is 74.5 Å². The van der Waals surface area contributed by atoms with Crippen molar-refractivity contribution in [3.8, 4) is 0 Å². The minimum Gasteiger partial charge on any atom is -0.289 e. The Morgan fingerprint density at radius 2 is 2.23 bits per heavy atom. The average molecular weight is 211 g/mol. The van der Waals surface area contributed by atoms with Crippen molar-refractivity contribution in [2.75, 3.05) is 0 Å². The van der Waals surface area contributed by atoms with Crippen molar-refractivity contribution in [2.45, 2.75) is 6.18 Å². The van der Waals surface area contributed by atoms with Gasteiger partial charge in [-0.3, -0.25) is 10.2 Å². The van der Waals surface area contributed by atoms with Crippen LogP contribution in [0, 0.1) is 0 Å². The molecule has 0 radical (unpaired) electrons. The van der Waals surface area contributed by atoms with Crippen LogP contribution in [0.4, 0.5) is 13.2 Å². The standard InChI is InChI=1S/C5H4F3N3OS/c6-5(7,8)3-2(4(12)11-9)13-1-10-3/h1H,9H2,(H,11,12). The van der Waals surface area contributed by atoms with E-state index in [1.807, 2.05) is 0 Å². The monoisotopic (exact) mass is 211 g/mol. The SMILES string of the molecule is NNC(=O)c1scnc1C(F)(F)F. The van der Waals surface area contributed by atoms with Crippen LogP contribution in [0.15, 0.2) is 5.51 Å². The molecule has 8 heteroatoms. The molecule has 1 aromatic rings. The highest BCUT2D eigenvalue weighted by Crippen LogP contribution is 2.32. The molecule has 3 N–H and O–H groups in total. The maximum absolute atomic E-state index is 12.1. The van der Waals surface area contributed by atoms with Crippen LogP contribution in [0.25, 0.3) is 0 Å². The maximum Gasteiger partial charge on any atom is 0.434 e. The number of aromatic nitrogens is 1. The molecule has 0 saturated heterocycles. The second kappa shape index (κ2) is 3.30. The normalized spacial score (nSPS) is 11.4. The molecule has 13 heavy (non-hydrogen) atoms. The summed E-state index contributed by atoms with van der Waals surface area (Å²) in [5.41, 5.74) is 1.34. The van der Waals surface area contributed by atoms with Gasteiger partial charge in [0.1, 0.15) is 4.88 Å². The van der Waals surface area contributed by atoms with Crippen LogP contribution < -0.4 is 11.3 Å². The lowest BCUT2D eigenvalue weighted by Gasteiger charge is -2.04. The number of halogens is 3. The number of carbonyl (C=O) groups excluding carboxylic acids is 1. The van der Waals surface area contributed by atoms with Gasteiger partial charge in [-0.05, 0) is 0 Å².